The van der Waals surface area contributed by atoms with Gasteiger partial charge in [-0.3, -0.25) is 0 Å². The molecule has 0 aliphatic rings. The summed E-state index contributed by atoms with van der Waals surface area (Å²) in [6, 6.07) is 2.99. The minimum atomic E-state index is -0.423. The lowest BCUT2D eigenvalue weighted by molar-refractivity contribution is 0.386. The third-order valence-corrected chi connectivity index (χ3v) is 3.06. The van der Waals surface area contributed by atoms with E-state index in [0.717, 1.165) is 31.7 Å². The summed E-state index contributed by atoms with van der Waals surface area (Å²) in [6.07, 6.45) is 1.03. The molecule has 0 fully saturated rings. The van der Waals surface area contributed by atoms with Crippen LogP contribution in [0.5, 0.6) is 5.75 Å². The Balaban J connectivity index is 2.85. The van der Waals surface area contributed by atoms with Crippen LogP contribution in [0.1, 0.15) is 13.3 Å². The van der Waals surface area contributed by atoms with Crippen LogP contribution in [0.25, 0.3) is 0 Å². The van der Waals surface area contributed by atoms with E-state index < -0.39 is 5.82 Å². The molecule has 0 saturated carbocycles. The SMILES string of the molecule is CCN(CCCN(C)C)c1cc(OC)c(F)cc1N. The molecule has 0 unspecified atom stereocenters. The lowest BCUT2D eigenvalue weighted by Crippen LogP contribution is -2.27. The summed E-state index contributed by atoms with van der Waals surface area (Å²) in [5, 5.41) is 0. The molecule has 0 aliphatic heterocycles. The zero-order chi connectivity index (χ0) is 14.4. The van der Waals surface area contributed by atoms with Gasteiger partial charge in [0.05, 0.1) is 18.5 Å². The number of anilines is 2. The fourth-order valence-corrected chi connectivity index (χ4v) is 2.02. The van der Waals surface area contributed by atoms with Crippen molar-refractivity contribution >= 4 is 11.4 Å². The molecule has 4 nitrogen and oxygen atoms in total. The molecule has 1 aromatic carbocycles. The standard InChI is InChI=1S/C14H24FN3O/c1-5-18(8-6-7-17(2)3)13-10-14(19-4)11(15)9-12(13)16/h9-10H,5-8,16H2,1-4H3. The van der Waals surface area contributed by atoms with Gasteiger partial charge in [0.25, 0.3) is 0 Å². The molecule has 0 atom stereocenters. The van der Waals surface area contributed by atoms with E-state index in [1.807, 2.05) is 14.1 Å². The molecule has 108 valence electrons. The second-order valence-corrected chi connectivity index (χ2v) is 4.78. The van der Waals surface area contributed by atoms with E-state index in [1.54, 1.807) is 6.07 Å². The third kappa shape index (κ3) is 4.28. The number of methoxy groups -OCH3 is 1. The first kappa shape index (κ1) is 15.6. The van der Waals surface area contributed by atoms with E-state index in [9.17, 15) is 4.39 Å². The Kier molecular flexibility index (Phi) is 5.89. The number of benzene rings is 1. The van der Waals surface area contributed by atoms with Crippen LogP contribution in [-0.2, 0) is 0 Å². The molecule has 1 aromatic rings. The van der Waals surface area contributed by atoms with Crippen molar-refractivity contribution in [2.24, 2.45) is 0 Å². The van der Waals surface area contributed by atoms with Crippen LogP contribution in [0.15, 0.2) is 12.1 Å². The predicted octanol–water partition coefficient (Wildman–Crippen LogP) is 2.19. The second kappa shape index (κ2) is 7.19. The van der Waals surface area contributed by atoms with Gasteiger partial charge in [-0.05, 0) is 34.0 Å². The fraction of sp³-hybridized carbons (Fsp3) is 0.571. The highest BCUT2D eigenvalue weighted by atomic mass is 19.1. The van der Waals surface area contributed by atoms with Crippen LogP contribution in [0.4, 0.5) is 15.8 Å². The van der Waals surface area contributed by atoms with Gasteiger partial charge in [0.1, 0.15) is 0 Å². The Bertz CT molecular complexity index is 410. The summed E-state index contributed by atoms with van der Waals surface area (Å²) in [7, 11) is 5.55. The molecule has 0 saturated heterocycles. The number of nitrogens with zero attached hydrogens (tertiary/aromatic N) is 2. The number of hydrogen-bond acceptors (Lipinski definition) is 4. The van der Waals surface area contributed by atoms with Gasteiger partial charge in [-0.25, -0.2) is 4.39 Å². The summed E-state index contributed by atoms with van der Waals surface area (Å²) in [5.41, 5.74) is 7.19. The van der Waals surface area contributed by atoms with Crippen LogP contribution in [0.3, 0.4) is 0 Å². The van der Waals surface area contributed by atoms with Crippen molar-refractivity contribution in [2.75, 3.05) is 51.5 Å². The van der Waals surface area contributed by atoms with Gasteiger partial charge in [0, 0.05) is 25.2 Å². The number of ether oxygens (including phenoxy) is 1. The summed E-state index contributed by atoms with van der Waals surface area (Å²) in [6.45, 7) is 4.78. The molecule has 0 aromatic heterocycles. The maximum absolute atomic E-state index is 13.5. The van der Waals surface area contributed by atoms with E-state index in [-0.39, 0.29) is 5.75 Å². The second-order valence-electron chi connectivity index (χ2n) is 4.78. The Hall–Kier alpha value is -1.49. The summed E-state index contributed by atoms with van der Waals surface area (Å²) in [5.74, 6) is -0.191. The van der Waals surface area contributed by atoms with Gasteiger partial charge in [0.2, 0.25) is 0 Å². The zero-order valence-electron chi connectivity index (χ0n) is 12.2. The van der Waals surface area contributed by atoms with Crippen molar-refractivity contribution in [1.82, 2.24) is 4.90 Å². The first-order valence-electron chi connectivity index (χ1n) is 6.52. The molecule has 5 heteroatoms. The summed E-state index contributed by atoms with van der Waals surface area (Å²) in [4.78, 5) is 4.28. The van der Waals surface area contributed by atoms with Crippen molar-refractivity contribution in [3.63, 3.8) is 0 Å². The minimum Gasteiger partial charge on any atom is -0.494 e. The van der Waals surface area contributed by atoms with Crippen LogP contribution < -0.4 is 15.4 Å². The van der Waals surface area contributed by atoms with Gasteiger partial charge in [-0.15, -0.1) is 0 Å². The number of nitrogens with two attached hydrogens (primary N) is 1. The van der Waals surface area contributed by atoms with Crippen molar-refractivity contribution in [3.05, 3.63) is 17.9 Å². The van der Waals surface area contributed by atoms with E-state index in [1.165, 1.54) is 13.2 Å². The highest BCUT2D eigenvalue weighted by molar-refractivity contribution is 5.70. The van der Waals surface area contributed by atoms with Crippen molar-refractivity contribution in [1.29, 1.82) is 0 Å². The molecular formula is C14H24FN3O. The van der Waals surface area contributed by atoms with Gasteiger partial charge >= 0.3 is 0 Å². The largest absolute Gasteiger partial charge is 0.494 e. The predicted molar refractivity (Wildman–Crippen MR) is 78.4 cm³/mol. The Morgan fingerprint density at radius 2 is 1.95 bits per heavy atom. The maximum atomic E-state index is 13.5. The van der Waals surface area contributed by atoms with Gasteiger partial charge in [-0.1, -0.05) is 0 Å². The van der Waals surface area contributed by atoms with Gasteiger partial charge in [0.15, 0.2) is 11.6 Å². The minimum absolute atomic E-state index is 0.232. The summed E-state index contributed by atoms with van der Waals surface area (Å²) >= 11 is 0. The van der Waals surface area contributed by atoms with Crippen molar-refractivity contribution in [3.8, 4) is 5.75 Å². The maximum Gasteiger partial charge on any atom is 0.167 e. The zero-order valence-corrected chi connectivity index (χ0v) is 12.2. The average molecular weight is 269 g/mol. The third-order valence-electron chi connectivity index (χ3n) is 3.06. The van der Waals surface area contributed by atoms with Crippen LogP contribution in [0, 0.1) is 5.82 Å². The van der Waals surface area contributed by atoms with Gasteiger partial charge < -0.3 is 20.3 Å². The van der Waals surface area contributed by atoms with Crippen LogP contribution in [0.2, 0.25) is 0 Å². The number of rotatable bonds is 7. The normalized spacial score (nSPS) is 10.8. The molecule has 0 spiro atoms. The number of halogens is 1. The number of nitrogen functional groups attached to an aromatic ring is 1. The first-order chi connectivity index (χ1) is 8.99. The lowest BCUT2D eigenvalue weighted by atomic mass is 10.2. The Labute approximate surface area is 114 Å². The van der Waals surface area contributed by atoms with Crippen molar-refractivity contribution in [2.45, 2.75) is 13.3 Å². The number of hydrogen-bond donors (Lipinski definition) is 1. The van der Waals surface area contributed by atoms with E-state index >= 15 is 0 Å². The highest BCUT2D eigenvalue weighted by Gasteiger charge is 2.13. The van der Waals surface area contributed by atoms with E-state index in [2.05, 4.69) is 16.7 Å². The Morgan fingerprint density at radius 1 is 1.26 bits per heavy atom. The quantitative estimate of drug-likeness (QED) is 0.771. The molecule has 19 heavy (non-hydrogen) atoms. The van der Waals surface area contributed by atoms with Gasteiger partial charge in [-0.2, -0.15) is 0 Å². The molecule has 0 bridgehead atoms. The average Bonchev–Trinajstić information content (AvgIpc) is 2.35. The van der Waals surface area contributed by atoms with Crippen LogP contribution in [-0.4, -0.2) is 45.7 Å². The molecule has 2 N–H and O–H groups in total. The molecule has 0 aliphatic carbocycles. The van der Waals surface area contributed by atoms with Crippen molar-refractivity contribution < 1.29 is 9.13 Å². The van der Waals surface area contributed by atoms with E-state index in [0.29, 0.717) is 5.69 Å². The van der Waals surface area contributed by atoms with Crippen LogP contribution >= 0.6 is 0 Å². The molecular weight excluding hydrogens is 245 g/mol. The lowest BCUT2D eigenvalue weighted by Gasteiger charge is -2.26. The Morgan fingerprint density at radius 3 is 2.47 bits per heavy atom. The van der Waals surface area contributed by atoms with E-state index in [4.69, 9.17) is 10.5 Å². The molecule has 1 rings (SSSR count). The molecule has 0 radical (unpaired) electrons. The highest BCUT2D eigenvalue weighted by Crippen LogP contribution is 2.30. The monoisotopic (exact) mass is 269 g/mol. The smallest absolute Gasteiger partial charge is 0.167 e. The molecule has 0 heterocycles. The first-order valence-corrected chi connectivity index (χ1v) is 6.52. The fourth-order valence-electron chi connectivity index (χ4n) is 2.02. The topological polar surface area (TPSA) is 41.7 Å². The molecule has 0 amide bonds. The summed E-state index contributed by atoms with van der Waals surface area (Å²) < 4.78 is 18.5.